The molecule has 0 spiro atoms. The minimum absolute atomic E-state index is 0.0323. The van der Waals surface area contributed by atoms with Crippen LogP contribution < -0.4 is 5.32 Å². The number of hydrogen-bond donors (Lipinski definition) is 1. The second-order valence-electron chi connectivity index (χ2n) is 4.70. The molecule has 0 fully saturated rings. The molecule has 0 aromatic carbocycles. The molecule has 0 saturated carbocycles. The predicted molar refractivity (Wildman–Crippen MR) is 79.9 cm³/mol. The Kier molecular flexibility index (Phi) is 4.74. The van der Waals surface area contributed by atoms with Crippen LogP contribution in [-0.4, -0.2) is 16.3 Å². The van der Waals surface area contributed by atoms with Crippen molar-refractivity contribution < 1.29 is 9.59 Å². The molecule has 2 aromatic rings. The maximum atomic E-state index is 11.8. The third-order valence-corrected chi connectivity index (χ3v) is 4.23. The zero-order chi connectivity index (χ0) is 14.5. The number of aryl methyl sites for hydroxylation is 1. The van der Waals surface area contributed by atoms with Gasteiger partial charge < -0.3 is 9.88 Å². The van der Waals surface area contributed by atoms with E-state index in [9.17, 15) is 9.59 Å². The van der Waals surface area contributed by atoms with Crippen molar-refractivity contribution in [1.29, 1.82) is 0 Å². The molecule has 2 heterocycles. The third kappa shape index (κ3) is 3.57. The first-order valence-electron chi connectivity index (χ1n) is 6.52. The van der Waals surface area contributed by atoms with Crippen LogP contribution in [0.2, 0.25) is 0 Å². The van der Waals surface area contributed by atoms with Crippen LogP contribution in [0.3, 0.4) is 0 Å². The van der Waals surface area contributed by atoms with E-state index in [1.807, 2.05) is 42.1 Å². The summed E-state index contributed by atoms with van der Waals surface area (Å²) in [7, 11) is 1.97. The van der Waals surface area contributed by atoms with Crippen molar-refractivity contribution in [3.8, 4) is 0 Å². The number of ketones is 1. The number of aromatic nitrogens is 1. The van der Waals surface area contributed by atoms with Gasteiger partial charge in [0.05, 0.1) is 11.4 Å². The summed E-state index contributed by atoms with van der Waals surface area (Å²) in [6, 6.07) is 7.64. The quantitative estimate of drug-likeness (QED) is 0.832. The van der Waals surface area contributed by atoms with Crippen molar-refractivity contribution in [2.24, 2.45) is 7.05 Å². The number of hydrogen-bond acceptors (Lipinski definition) is 3. The lowest BCUT2D eigenvalue weighted by Crippen LogP contribution is -2.24. The van der Waals surface area contributed by atoms with E-state index >= 15 is 0 Å². The van der Waals surface area contributed by atoms with Crippen molar-refractivity contribution >= 4 is 23.0 Å². The maximum absolute atomic E-state index is 11.8. The van der Waals surface area contributed by atoms with E-state index in [0.717, 1.165) is 16.3 Å². The van der Waals surface area contributed by atoms with Crippen LogP contribution in [0, 0.1) is 6.92 Å². The first-order chi connectivity index (χ1) is 9.58. The molecular formula is C15H18N2O2S. The summed E-state index contributed by atoms with van der Waals surface area (Å²) in [5.41, 5.74) is 2.21. The molecule has 20 heavy (non-hydrogen) atoms. The van der Waals surface area contributed by atoms with Crippen molar-refractivity contribution in [2.75, 3.05) is 0 Å². The van der Waals surface area contributed by atoms with Gasteiger partial charge in [-0.15, -0.1) is 11.3 Å². The summed E-state index contributed by atoms with van der Waals surface area (Å²) in [6.45, 7) is 2.52. The molecule has 5 heteroatoms. The molecule has 0 unspecified atom stereocenters. The average molecular weight is 290 g/mol. The highest BCUT2D eigenvalue weighted by Gasteiger charge is 2.10. The standard InChI is InChI=1S/C15H18N2O2S/c1-11-5-6-12(17(11)2)10-16-15(19)8-7-13(18)14-4-3-9-20-14/h3-6,9H,7-8,10H2,1-2H3,(H,16,19). The molecule has 0 atom stereocenters. The van der Waals surface area contributed by atoms with Gasteiger partial charge in [-0.05, 0) is 30.5 Å². The molecule has 0 bridgehead atoms. The second kappa shape index (κ2) is 6.52. The predicted octanol–water partition coefficient (Wildman–Crippen LogP) is 2.67. The van der Waals surface area contributed by atoms with Gasteiger partial charge in [-0.1, -0.05) is 6.07 Å². The van der Waals surface area contributed by atoms with Crippen LogP contribution in [0.4, 0.5) is 0 Å². The van der Waals surface area contributed by atoms with Gasteiger partial charge in [0.15, 0.2) is 5.78 Å². The monoisotopic (exact) mass is 290 g/mol. The number of carbonyl (C=O) groups is 2. The third-order valence-electron chi connectivity index (χ3n) is 3.32. The molecule has 0 aliphatic carbocycles. The Bertz CT molecular complexity index is 599. The van der Waals surface area contributed by atoms with Gasteiger partial charge in [0.2, 0.25) is 5.91 Å². The van der Waals surface area contributed by atoms with Gasteiger partial charge in [-0.3, -0.25) is 9.59 Å². The Balaban J connectivity index is 1.76. The molecule has 2 aromatic heterocycles. The van der Waals surface area contributed by atoms with Crippen molar-refractivity contribution in [3.63, 3.8) is 0 Å². The fraction of sp³-hybridized carbons (Fsp3) is 0.333. The second-order valence-corrected chi connectivity index (χ2v) is 5.65. The fourth-order valence-corrected chi connectivity index (χ4v) is 2.60. The molecule has 106 valence electrons. The zero-order valence-electron chi connectivity index (χ0n) is 11.7. The summed E-state index contributed by atoms with van der Waals surface area (Å²) >= 11 is 1.41. The van der Waals surface area contributed by atoms with Crippen molar-refractivity contribution in [3.05, 3.63) is 45.9 Å². The number of carbonyl (C=O) groups excluding carboxylic acids is 2. The molecule has 0 radical (unpaired) electrons. The maximum Gasteiger partial charge on any atom is 0.220 e. The Hall–Kier alpha value is -1.88. The summed E-state index contributed by atoms with van der Waals surface area (Å²) in [4.78, 5) is 24.2. The lowest BCUT2D eigenvalue weighted by molar-refractivity contribution is -0.121. The van der Waals surface area contributed by atoms with Gasteiger partial charge in [0.1, 0.15) is 0 Å². The molecule has 2 rings (SSSR count). The molecular weight excluding hydrogens is 272 g/mol. The van der Waals surface area contributed by atoms with E-state index in [0.29, 0.717) is 6.54 Å². The van der Waals surface area contributed by atoms with E-state index < -0.39 is 0 Å². The summed E-state index contributed by atoms with van der Waals surface area (Å²) in [5, 5.41) is 4.71. The summed E-state index contributed by atoms with van der Waals surface area (Å²) in [6.07, 6.45) is 0.499. The average Bonchev–Trinajstić information content (AvgIpc) is 3.06. The van der Waals surface area contributed by atoms with Crippen LogP contribution in [0.1, 0.15) is 33.9 Å². The van der Waals surface area contributed by atoms with Crippen LogP contribution in [0.15, 0.2) is 29.6 Å². The first kappa shape index (κ1) is 14.5. The SMILES string of the molecule is Cc1ccc(CNC(=O)CCC(=O)c2cccs2)n1C. The lowest BCUT2D eigenvalue weighted by atomic mass is 10.2. The topological polar surface area (TPSA) is 51.1 Å². The van der Waals surface area contributed by atoms with E-state index in [4.69, 9.17) is 0 Å². The van der Waals surface area contributed by atoms with Gasteiger partial charge in [0.25, 0.3) is 0 Å². The van der Waals surface area contributed by atoms with Gasteiger partial charge >= 0.3 is 0 Å². The van der Waals surface area contributed by atoms with Crippen LogP contribution in [0.25, 0.3) is 0 Å². The smallest absolute Gasteiger partial charge is 0.220 e. The number of nitrogens with zero attached hydrogens (tertiary/aromatic N) is 1. The zero-order valence-corrected chi connectivity index (χ0v) is 12.5. The number of nitrogens with one attached hydrogen (secondary N) is 1. The summed E-state index contributed by atoms with van der Waals surface area (Å²) in [5.74, 6) is -0.0568. The Morgan fingerprint density at radius 3 is 2.65 bits per heavy atom. The number of rotatable bonds is 6. The van der Waals surface area contributed by atoms with Crippen LogP contribution in [0.5, 0.6) is 0 Å². The Morgan fingerprint density at radius 1 is 1.25 bits per heavy atom. The number of thiophene rings is 1. The van der Waals surface area contributed by atoms with Gasteiger partial charge in [-0.25, -0.2) is 0 Å². The molecule has 0 aliphatic rings. The van der Waals surface area contributed by atoms with E-state index in [1.54, 1.807) is 6.07 Å². The van der Waals surface area contributed by atoms with Crippen molar-refractivity contribution in [1.82, 2.24) is 9.88 Å². The van der Waals surface area contributed by atoms with E-state index in [2.05, 4.69) is 5.32 Å². The fourth-order valence-electron chi connectivity index (χ4n) is 1.91. The van der Waals surface area contributed by atoms with Crippen LogP contribution >= 0.6 is 11.3 Å². The Labute approximate surface area is 122 Å². The summed E-state index contributed by atoms with van der Waals surface area (Å²) < 4.78 is 2.04. The first-order valence-corrected chi connectivity index (χ1v) is 7.40. The largest absolute Gasteiger partial charge is 0.351 e. The van der Waals surface area contributed by atoms with E-state index in [-0.39, 0.29) is 24.5 Å². The highest BCUT2D eigenvalue weighted by molar-refractivity contribution is 7.12. The Morgan fingerprint density at radius 2 is 2.05 bits per heavy atom. The van der Waals surface area contributed by atoms with Crippen molar-refractivity contribution in [2.45, 2.75) is 26.3 Å². The minimum atomic E-state index is -0.0891. The van der Waals surface area contributed by atoms with E-state index in [1.165, 1.54) is 11.3 Å². The van der Waals surface area contributed by atoms with Gasteiger partial charge in [-0.2, -0.15) is 0 Å². The molecule has 0 saturated heterocycles. The van der Waals surface area contributed by atoms with Crippen LogP contribution in [-0.2, 0) is 18.4 Å². The highest BCUT2D eigenvalue weighted by atomic mass is 32.1. The highest BCUT2D eigenvalue weighted by Crippen LogP contribution is 2.12. The molecule has 1 N–H and O–H groups in total. The minimum Gasteiger partial charge on any atom is -0.351 e. The van der Waals surface area contributed by atoms with Gasteiger partial charge in [0, 0.05) is 31.3 Å². The lowest BCUT2D eigenvalue weighted by Gasteiger charge is -2.07. The number of Topliss-reactive ketones (excluding diaryl/α,β-unsaturated/α-hetero) is 1. The molecule has 0 aliphatic heterocycles. The molecule has 1 amide bonds. The number of amides is 1. The normalized spacial score (nSPS) is 10.5. The molecule has 4 nitrogen and oxygen atoms in total.